The maximum absolute atomic E-state index is 11.1. The molecule has 1 aromatic rings. The topological polar surface area (TPSA) is 70.7 Å². The quantitative estimate of drug-likeness (QED) is 0.654. The van der Waals surface area contributed by atoms with Crippen molar-refractivity contribution < 1.29 is 4.79 Å². The number of hydrogen-bond donors (Lipinski definition) is 2. The Morgan fingerprint density at radius 1 is 1.45 bits per heavy atom. The van der Waals surface area contributed by atoms with Crippen molar-refractivity contribution in [2.24, 2.45) is 10.7 Å². The van der Waals surface area contributed by atoms with Gasteiger partial charge >= 0.3 is 0 Å². The maximum Gasteiger partial charge on any atom is 0.248 e. The van der Waals surface area contributed by atoms with E-state index in [1.807, 2.05) is 30.9 Å². The molecule has 0 radical (unpaired) electrons. The number of carbonyl (C=O) groups excluding carboxylic acids is 1. The molecule has 5 nitrogen and oxygen atoms in total. The second-order valence-corrected chi connectivity index (χ2v) is 6.72. The van der Waals surface area contributed by atoms with Crippen LogP contribution in [0, 0.1) is 0 Å². The Labute approximate surface area is 136 Å². The molecule has 1 aliphatic heterocycles. The number of thioether (sulfide) groups is 1. The van der Waals surface area contributed by atoms with Crippen molar-refractivity contribution in [3.8, 4) is 0 Å². The van der Waals surface area contributed by atoms with Gasteiger partial charge in [0.05, 0.1) is 0 Å². The standard InChI is InChI=1S/C16H24N4OS/c1-3-14-11-20(8-9-22-14)16(18-2)19-10-12-4-6-13(7-5-12)15(17)21/h4-7,14H,3,8-11H2,1-2H3,(H2,17,21)(H,18,19). The highest BCUT2D eigenvalue weighted by atomic mass is 32.2. The first-order chi connectivity index (χ1) is 10.6. The summed E-state index contributed by atoms with van der Waals surface area (Å²) in [6.07, 6.45) is 1.19. The van der Waals surface area contributed by atoms with Crippen LogP contribution in [-0.4, -0.2) is 47.9 Å². The zero-order valence-corrected chi connectivity index (χ0v) is 14.0. The van der Waals surface area contributed by atoms with Crippen LogP contribution in [0.3, 0.4) is 0 Å². The Balaban J connectivity index is 1.92. The van der Waals surface area contributed by atoms with Crippen molar-refractivity contribution in [3.63, 3.8) is 0 Å². The molecule has 6 heteroatoms. The molecule has 1 unspecified atom stereocenters. The molecule has 2 rings (SSSR count). The van der Waals surface area contributed by atoms with Crippen LogP contribution in [0.5, 0.6) is 0 Å². The zero-order chi connectivity index (χ0) is 15.9. The first-order valence-electron chi connectivity index (χ1n) is 7.60. The number of hydrogen-bond acceptors (Lipinski definition) is 3. The molecular weight excluding hydrogens is 296 g/mol. The second-order valence-electron chi connectivity index (χ2n) is 5.31. The van der Waals surface area contributed by atoms with E-state index in [0.717, 1.165) is 30.4 Å². The highest BCUT2D eigenvalue weighted by Gasteiger charge is 2.21. The summed E-state index contributed by atoms with van der Waals surface area (Å²) in [5.41, 5.74) is 6.88. The number of rotatable bonds is 4. The Kier molecular flexibility index (Phi) is 6.12. The summed E-state index contributed by atoms with van der Waals surface area (Å²) in [4.78, 5) is 17.8. The van der Waals surface area contributed by atoms with Crippen LogP contribution < -0.4 is 11.1 Å². The summed E-state index contributed by atoms with van der Waals surface area (Å²) >= 11 is 2.05. The third kappa shape index (κ3) is 4.40. The minimum absolute atomic E-state index is 0.397. The van der Waals surface area contributed by atoms with Gasteiger partial charge in [-0.15, -0.1) is 0 Å². The number of guanidine groups is 1. The van der Waals surface area contributed by atoms with Gasteiger partial charge in [0.2, 0.25) is 5.91 Å². The van der Waals surface area contributed by atoms with E-state index in [0.29, 0.717) is 17.4 Å². The lowest BCUT2D eigenvalue weighted by molar-refractivity contribution is 0.100. The minimum Gasteiger partial charge on any atom is -0.366 e. The predicted octanol–water partition coefficient (Wildman–Crippen LogP) is 1.69. The summed E-state index contributed by atoms with van der Waals surface area (Å²) in [5, 5.41) is 4.08. The third-order valence-electron chi connectivity index (χ3n) is 3.79. The number of nitrogens with two attached hydrogens (primary N) is 1. The average Bonchev–Trinajstić information content (AvgIpc) is 2.56. The molecule has 1 heterocycles. The molecule has 1 atom stereocenters. The molecule has 1 fully saturated rings. The van der Waals surface area contributed by atoms with E-state index in [1.54, 1.807) is 12.1 Å². The van der Waals surface area contributed by atoms with E-state index < -0.39 is 5.91 Å². The van der Waals surface area contributed by atoms with Gasteiger partial charge in [0.15, 0.2) is 5.96 Å². The summed E-state index contributed by atoms with van der Waals surface area (Å²) in [5.74, 6) is 1.69. The van der Waals surface area contributed by atoms with Crippen molar-refractivity contribution in [3.05, 3.63) is 35.4 Å². The summed E-state index contributed by atoms with van der Waals surface area (Å²) < 4.78 is 0. The lowest BCUT2D eigenvalue weighted by Crippen LogP contribution is -2.47. The van der Waals surface area contributed by atoms with Crippen LogP contribution >= 0.6 is 11.8 Å². The fraction of sp³-hybridized carbons (Fsp3) is 0.500. The molecule has 0 aromatic heterocycles. The molecule has 0 spiro atoms. The number of benzene rings is 1. The van der Waals surface area contributed by atoms with Crippen molar-refractivity contribution in [2.75, 3.05) is 25.9 Å². The molecule has 0 saturated carbocycles. The van der Waals surface area contributed by atoms with E-state index in [2.05, 4.69) is 22.1 Å². The van der Waals surface area contributed by atoms with E-state index in [4.69, 9.17) is 5.73 Å². The number of carbonyl (C=O) groups is 1. The molecular formula is C16H24N4OS. The molecule has 0 aliphatic carbocycles. The molecule has 22 heavy (non-hydrogen) atoms. The number of nitrogens with one attached hydrogen (secondary N) is 1. The van der Waals surface area contributed by atoms with Crippen LogP contribution in [0.4, 0.5) is 0 Å². The van der Waals surface area contributed by atoms with E-state index in [1.165, 1.54) is 6.42 Å². The van der Waals surface area contributed by atoms with Crippen LogP contribution in [0.25, 0.3) is 0 Å². The molecule has 1 amide bonds. The molecule has 120 valence electrons. The van der Waals surface area contributed by atoms with Crippen molar-refractivity contribution in [1.82, 2.24) is 10.2 Å². The van der Waals surface area contributed by atoms with Crippen molar-refractivity contribution >= 4 is 23.6 Å². The second kappa shape index (κ2) is 8.08. The molecule has 1 aliphatic rings. The SMILES string of the molecule is CCC1CN(C(=NC)NCc2ccc(C(N)=O)cc2)CCS1. The number of amides is 1. The maximum atomic E-state index is 11.1. The van der Waals surface area contributed by atoms with Gasteiger partial charge in [-0.1, -0.05) is 19.1 Å². The van der Waals surface area contributed by atoms with E-state index in [-0.39, 0.29) is 0 Å². The molecule has 1 saturated heterocycles. The fourth-order valence-electron chi connectivity index (χ4n) is 2.46. The molecule has 0 bridgehead atoms. The highest BCUT2D eigenvalue weighted by molar-refractivity contribution is 8.00. The largest absolute Gasteiger partial charge is 0.366 e. The van der Waals surface area contributed by atoms with Gasteiger partial charge < -0.3 is 16.0 Å². The Bertz CT molecular complexity index is 529. The lowest BCUT2D eigenvalue weighted by Gasteiger charge is -2.34. The Morgan fingerprint density at radius 3 is 2.77 bits per heavy atom. The third-order valence-corrected chi connectivity index (χ3v) is 5.17. The first-order valence-corrected chi connectivity index (χ1v) is 8.64. The fourth-order valence-corrected chi connectivity index (χ4v) is 3.64. The lowest BCUT2D eigenvalue weighted by atomic mass is 10.1. The normalized spacial score (nSPS) is 19.1. The Hall–Kier alpha value is -1.69. The number of nitrogens with zero attached hydrogens (tertiary/aromatic N) is 2. The average molecular weight is 320 g/mol. The Morgan fingerprint density at radius 2 is 2.18 bits per heavy atom. The van der Waals surface area contributed by atoms with Gasteiger partial charge in [-0.2, -0.15) is 11.8 Å². The predicted molar refractivity (Wildman–Crippen MR) is 93.3 cm³/mol. The summed E-state index contributed by atoms with van der Waals surface area (Å²) in [7, 11) is 1.82. The van der Waals surface area contributed by atoms with Gasteiger partial charge in [0, 0.05) is 43.2 Å². The van der Waals surface area contributed by atoms with Gasteiger partial charge in [-0.3, -0.25) is 9.79 Å². The monoisotopic (exact) mass is 320 g/mol. The van der Waals surface area contributed by atoms with Crippen molar-refractivity contribution in [2.45, 2.75) is 25.1 Å². The smallest absolute Gasteiger partial charge is 0.248 e. The van der Waals surface area contributed by atoms with Gasteiger partial charge in [-0.05, 0) is 24.1 Å². The number of primary amides is 1. The van der Waals surface area contributed by atoms with Gasteiger partial charge in [0.25, 0.3) is 0 Å². The van der Waals surface area contributed by atoms with Gasteiger partial charge in [-0.25, -0.2) is 0 Å². The van der Waals surface area contributed by atoms with E-state index in [9.17, 15) is 4.79 Å². The molecule has 3 N–H and O–H groups in total. The summed E-state index contributed by atoms with van der Waals surface area (Å²) in [6.45, 7) is 4.99. The number of aliphatic imine (C=N–C) groups is 1. The first kappa shape index (κ1) is 16.7. The van der Waals surface area contributed by atoms with E-state index >= 15 is 0 Å². The minimum atomic E-state index is -0.397. The van der Waals surface area contributed by atoms with Crippen LogP contribution in [0.2, 0.25) is 0 Å². The summed E-state index contributed by atoms with van der Waals surface area (Å²) in [6, 6.07) is 7.35. The van der Waals surface area contributed by atoms with Crippen molar-refractivity contribution in [1.29, 1.82) is 0 Å². The van der Waals surface area contributed by atoms with Crippen LogP contribution in [-0.2, 0) is 6.54 Å². The highest BCUT2D eigenvalue weighted by Crippen LogP contribution is 2.21. The zero-order valence-electron chi connectivity index (χ0n) is 13.2. The van der Waals surface area contributed by atoms with Crippen LogP contribution in [0.15, 0.2) is 29.3 Å². The van der Waals surface area contributed by atoms with Gasteiger partial charge in [0.1, 0.15) is 0 Å². The molecule has 1 aromatic carbocycles. The van der Waals surface area contributed by atoms with Crippen LogP contribution in [0.1, 0.15) is 29.3 Å².